The van der Waals surface area contributed by atoms with E-state index in [2.05, 4.69) is 15.0 Å². The molecule has 7 nitrogen and oxygen atoms in total. The Morgan fingerprint density at radius 1 is 1.40 bits per heavy atom. The van der Waals surface area contributed by atoms with Crippen LogP contribution in [0.5, 0.6) is 5.75 Å². The lowest BCUT2D eigenvalue weighted by molar-refractivity contribution is 0.0651. The van der Waals surface area contributed by atoms with Crippen LogP contribution in [-0.4, -0.2) is 29.2 Å². The van der Waals surface area contributed by atoms with Crippen molar-refractivity contribution in [2.45, 2.75) is 0 Å². The molecule has 0 unspecified atom stereocenters. The fraction of sp³-hybridized carbons (Fsp3) is 0.0833. The van der Waals surface area contributed by atoms with Crippen LogP contribution in [0.4, 0.5) is 10.1 Å². The highest BCUT2D eigenvalue weighted by Gasteiger charge is 2.17. The van der Waals surface area contributed by atoms with Gasteiger partial charge in [-0.1, -0.05) is 5.16 Å². The van der Waals surface area contributed by atoms with E-state index in [4.69, 9.17) is 9.84 Å². The van der Waals surface area contributed by atoms with Gasteiger partial charge in [-0.25, -0.2) is 9.18 Å². The molecular formula is C12H9FN2O5. The van der Waals surface area contributed by atoms with Gasteiger partial charge >= 0.3 is 5.97 Å². The lowest BCUT2D eigenvalue weighted by Gasteiger charge is -2.05. The third-order valence-electron chi connectivity index (χ3n) is 2.36. The Kier molecular flexibility index (Phi) is 3.65. The maximum atomic E-state index is 13.4. The Morgan fingerprint density at radius 3 is 2.70 bits per heavy atom. The van der Waals surface area contributed by atoms with Gasteiger partial charge in [-0.05, 0) is 12.1 Å². The summed E-state index contributed by atoms with van der Waals surface area (Å²) < 4.78 is 22.6. The lowest BCUT2D eigenvalue weighted by Crippen LogP contribution is -2.12. The van der Waals surface area contributed by atoms with Crippen LogP contribution < -0.4 is 10.1 Å². The number of ether oxygens (including phenoxy) is 1. The Morgan fingerprint density at radius 2 is 2.15 bits per heavy atom. The molecule has 0 saturated carbocycles. The predicted octanol–water partition coefficient (Wildman–Crippen LogP) is 1.77. The zero-order valence-electron chi connectivity index (χ0n) is 10.2. The van der Waals surface area contributed by atoms with E-state index in [9.17, 15) is 14.0 Å². The molecule has 0 radical (unpaired) electrons. The summed E-state index contributed by atoms with van der Waals surface area (Å²) in [6, 6.07) is 4.81. The SMILES string of the molecule is COc1ccc(NC(=O)c2cc(C(=O)O)on2)cc1F. The van der Waals surface area contributed by atoms with Crippen molar-refractivity contribution in [1.29, 1.82) is 0 Å². The average Bonchev–Trinajstić information content (AvgIpc) is 2.88. The molecule has 1 aromatic heterocycles. The van der Waals surface area contributed by atoms with Gasteiger partial charge in [0.1, 0.15) is 0 Å². The Balaban J connectivity index is 2.14. The second-order valence-corrected chi connectivity index (χ2v) is 3.69. The Bertz CT molecular complexity index is 668. The van der Waals surface area contributed by atoms with E-state index >= 15 is 0 Å². The molecule has 2 rings (SSSR count). The van der Waals surface area contributed by atoms with Crippen LogP contribution in [0.3, 0.4) is 0 Å². The summed E-state index contributed by atoms with van der Waals surface area (Å²) in [7, 11) is 1.32. The number of hydrogen-bond acceptors (Lipinski definition) is 5. The summed E-state index contributed by atoms with van der Waals surface area (Å²) in [6.07, 6.45) is 0. The first-order chi connectivity index (χ1) is 9.51. The smallest absolute Gasteiger partial charge is 0.374 e. The minimum Gasteiger partial charge on any atom is -0.494 e. The van der Waals surface area contributed by atoms with E-state index in [0.717, 1.165) is 12.1 Å². The first-order valence-electron chi connectivity index (χ1n) is 5.36. The van der Waals surface area contributed by atoms with Crippen LogP contribution >= 0.6 is 0 Å². The molecule has 1 aromatic carbocycles. The van der Waals surface area contributed by atoms with Crippen LogP contribution in [0.1, 0.15) is 21.0 Å². The summed E-state index contributed by atoms with van der Waals surface area (Å²) in [6.45, 7) is 0. The van der Waals surface area contributed by atoms with Crippen molar-refractivity contribution >= 4 is 17.6 Å². The molecule has 104 valence electrons. The minimum atomic E-state index is -1.34. The summed E-state index contributed by atoms with van der Waals surface area (Å²) in [5, 5.41) is 14.3. The molecule has 0 fully saturated rings. The average molecular weight is 280 g/mol. The van der Waals surface area contributed by atoms with Gasteiger partial charge in [0, 0.05) is 17.8 Å². The first-order valence-corrected chi connectivity index (χ1v) is 5.36. The fourth-order valence-corrected chi connectivity index (χ4v) is 1.42. The van der Waals surface area contributed by atoms with Gasteiger partial charge in [0.25, 0.3) is 5.91 Å². The van der Waals surface area contributed by atoms with Crippen molar-refractivity contribution in [3.63, 3.8) is 0 Å². The van der Waals surface area contributed by atoms with Crippen LogP contribution in [0.25, 0.3) is 0 Å². The number of rotatable bonds is 4. The minimum absolute atomic E-state index is 0.0394. The third kappa shape index (κ3) is 2.74. The van der Waals surface area contributed by atoms with Gasteiger partial charge in [-0.2, -0.15) is 0 Å². The van der Waals surface area contributed by atoms with Crippen molar-refractivity contribution < 1.29 is 28.3 Å². The normalized spacial score (nSPS) is 10.1. The van der Waals surface area contributed by atoms with E-state index in [1.807, 2.05) is 0 Å². The fourth-order valence-electron chi connectivity index (χ4n) is 1.42. The molecule has 0 aliphatic rings. The molecule has 8 heteroatoms. The number of aromatic carboxylic acids is 1. The number of carboxylic acid groups (broad SMARTS) is 1. The van der Waals surface area contributed by atoms with Crippen molar-refractivity contribution in [2.24, 2.45) is 0 Å². The topological polar surface area (TPSA) is 102 Å². The second kappa shape index (κ2) is 5.39. The molecule has 2 aromatic rings. The molecule has 20 heavy (non-hydrogen) atoms. The predicted molar refractivity (Wildman–Crippen MR) is 64.4 cm³/mol. The molecule has 0 atom stereocenters. The van der Waals surface area contributed by atoms with Crippen LogP contribution in [0.15, 0.2) is 28.8 Å². The number of carbonyl (C=O) groups is 2. The second-order valence-electron chi connectivity index (χ2n) is 3.69. The third-order valence-corrected chi connectivity index (χ3v) is 2.36. The Labute approximate surface area is 111 Å². The summed E-state index contributed by atoms with van der Waals surface area (Å²) >= 11 is 0. The van der Waals surface area contributed by atoms with Crippen molar-refractivity contribution in [3.05, 3.63) is 41.5 Å². The number of halogens is 1. The molecule has 1 heterocycles. The number of amides is 1. The van der Waals surface area contributed by atoms with Gasteiger partial charge in [0.2, 0.25) is 5.76 Å². The van der Waals surface area contributed by atoms with E-state index in [0.29, 0.717) is 0 Å². The molecule has 0 bridgehead atoms. The number of carbonyl (C=O) groups excluding carboxylic acids is 1. The van der Waals surface area contributed by atoms with E-state index in [1.165, 1.54) is 19.2 Å². The highest BCUT2D eigenvalue weighted by atomic mass is 19.1. The van der Waals surface area contributed by atoms with Crippen LogP contribution in [0, 0.1) is 5.82 Å². The molecule has 2 N–H and O–H groups in total. The van der Waals surface area contributed by atoms with E-state index in [-0.39, 0.29) is 17.1 Å². The van der Waals surface area contributed by atoms with Gasteiger partial charge < -0.3 is 19.7 Å². The van der Waals surface area contributed by atoms with Gasteiger partial charge in [-0.15, -0.1) is 0 Å². The number of anilines is 1. The van der Waals surface area contributed by atoms with E-state index in [1.54, 1.807) is 0 Å². The quantitative estimate of drug-likeness (QED) is 0.885. The number of nitrogens with zero attached hydrogens (tertiary/aromatic N) is 1. The molecule has 0 saturated heterocycles. The summed E-state index contributed by atoms with van der Waals surface area (Å²) in [4.78, 5) is 22.3. The Hall–Kier alpha value is -2.90. The number of carboxylic acids is 1. The van der Waals surface area contributed by atoms with Gasteiger partial charge in [-0.3, -0.25) is 4.79 Å². The first kappa shape index (κ1) is 13.5. The maximum absolute atomic E-state index is 13.4. The number of nitrogens with one attached hydrogen (secondary N) is 1. The summed E-state index contributed by atoms with van der Waals surface area (Å²) in [5.74, 6) is -3.12. The highest BCUT2D eigenvalue weighted by Crippen LogP contribution is 2.21. The number of benzene rings is 1. The molecule has 0 aliphatic heterocycles. The number of methoxy groups -OCH3 is 1. The standard InChI is InChI=1S/C12H9FN2O5/c1-19-9-3-2-6(4-7(9)13)14-11(16)8-5-10(12(17)18)20-15-8/h2-5H,1H3,(H,14,16)(H,17,18). The number of hydrogen-bond donors (Lipinski definition) is 2. The molecule has 0 spiro atoms. The van der Waals surface area contributed by atoms with Crippen LogP contribution in [0.2, 0.25) is 0 Å². The van der Waals surface area contributed by atoms with Crippen molar-refractivity contribution in [1.82, 2.24) is 5.16 Å². The van der Waals surface area contributed by atoms with Gasteiger partial charge in [0.15, 0.2) is 17.3 Å². The molecule has 0 aliphatic carbocycles. The van der Waals surface area contributed by atoms with Crippen LogP contribution in [-0.2, 0) is 0 Å². The zero-order valence-corrected chi connectivity index (χ0v) is 10.2. The van der Waals surface area contributed by atoms with Crippen molar-refractivity contribution in [3.8, 4) is 5.75 Å². The summed E-state index contributed by atoms with van der Waals surface area (Å²) in [5.41, 5.74) is -0.0493. The number of aromatic nitrogens is 1. The largest absolute Gasteiger partial charge is 0.494 e. The monoisotopic (exact) mass is 280 g/mol. The lowest BCUT2D eigenvalue weighted by atomic mass is 10.2. The zero-order chi connectivity index (χ0) is 14.7. The highest BCUT2D eigenvalue weighted by molar-refractivity contribution is 6.03. The van der Waals surface area contributed by atoms with Crippen molar-refractivity contribution in [2.75, 3.05) is 12.4 Å². The van der Waals surface area contributed by atoms with Gasteiger partial charge in [0.05, 0.1) is 7.11 Å². The maximum Gasteiger partial charge on any atom is 0.374 e. The van der Waals surface area contributed by atoms with E-state index < -0.39 is 23.5 Å². The molecule has 1 amide bonds. The molecular weight excluding hydrogens is 271 g/mol.